The lowest BCUT2D eigenvalue weighted by Gasteiger charge is -2.25. The Morgan fingerprint density at radius 1 is 1.55 bits per heavy atom. The first-order valence-corrected chi connectivity index (χ1v) is 7.67. The Bertz CT molecular complexity index is 436. The average Bonchev–Trinajstić information content (AvgIpc) is 2.63. The Hall–Kier alpha value is -1.13. The Balaban J connectivity index is 2.12. The van der Waals surface area contributed by atoms with Gasteiger partial charge in [0, 0.05) is 31.9 Å². The highest BCUT2D eigenvalue weighted by atomic mass is 16.5. The molecule has 2 atom stereocenters. The molecule has 0 radical (unpaired) electrons. The summed E-state index contributed by atoms with van der Waals surface area (Å²) in [5.41, 5.74) is 8.49. The molecule has 1 saturated heterocycles. The van der Waals surface area contributed by atoms with Crippen LogP contribution in [0.15, 0.2) is 12.3 Å². The number of nitrogens with zero attached hydrogens (tertiary/aromatic N) is 2. The van der Waals surface area contributed by atoms with E-state index < -0.39 is 0 Å². The van der Waals surface area contributed by atoms with Gasteiger partial charge in [0.2, 0.25) is 0 Å². The lowest BCUT2D eigenvalue weighted by molar-refractivity contribution is 0.0820. The lowest BCUT2D eigenvalue weighted by atomic mass is 10.0. The zero-order chi connectivity index (χ0) is 14.5. The minimum Gasteiger partial charge on any atom is -0.377 e. The van der Waals surface area contributed by atoms with E-state index in [1.54, 1.807) is 0 Å². The quantitative estimate of drug-likeness (QED) is 0.917. The number of pyridine rings is 1. The van der Waals surface area contributed by atoms with E-state index in [1.807, 2.05) is 6.20 Å². The van der Waals surface area contributed by atoms with Crippen LogP contribution in [-0.4, -0.2) is 36.8 Å². The van der Waals surface area contributed by atoms with Crippen LogP contribution in [-0.2, 0) is 11.2 Å². The van der Waals surface area contributed by atoms with Gasteiger partial charge in [-0.1, -0.05) is 13.0 Å². The number of nitrogens with two attached hydrogens (primary N) is 1. The van der Waals surface area contributed by atoms with E-state index in [1.165, 1.54) is 11.1 Å². The standard InChI is InChI=1S/C16H27N3O/c1-4-15(17)9-14-8-12(2)16(18-10-14)19-6-5-7-20-13(3)11-19/h8,10,13,15H,4-7,9,11,17H2,1-3H3. The number of hydrogen-bond acceptors (Lipinski definition) is 4. The van der Waals surface area contributed by atoms with Crippen LogP contribution in [0.25, 0.3) is 0 Å². The van der Waals surface area contributed by atoms with Crippen molar-refractivity contribution in [2.24, 2.45) is 5.73 Å². The van der Waals surface area contributed by atoms with Gasteiger partial charge in [-0.2, -0.15) is 0 Å². The molecule has 2 rings (SSSR count). The highest BCUT2D eigenvalue weighted by Crippen LogP contribution is 2.21. The molecule has 20 heavy (non-hydrogen) atoms. The highest BCUT2D eigenvalue weighted by molar-refractivity contribution is 5.47. The molecule has 1 fully saturated rings. The van der Waals surface area contributed by atoms with Crippen molar-refractivity contribution in [3.05, 3.63) is 23.4 Å². The van der Waals surface area contributed by atoms with Crippen molar-refractivity contribution in [1.82, 2.24) is 4.98 Å². The molecule has 1 aliphatic heterocycles. The van der Waals surface area contributed by atoms with E-state index in [0.717, 1.165) is 44.8 Å². The Morgan fingerprint density at radius 3 is 3.05 bits per heavy atom. The summed E-state index contributed by atoms with van der Waals surface area (Å²) in [6.07, 6.45) is 5.22. The molecule has 4 heteroatoms. The molecule has 2 N–H and O–H groups in total. The monoisotopic (exact) mass is 277 g/mol. The van der Waals surface area contributed by atoms with Crippen molar-refractivity contribution in [1.29, 1.82) is 0 Å². The second-order valence-corrected chi connectivity index (χ2v) is 5.84. The van der Waals surface area contributed by atoms with Crippen LogP contribution in [0.5, 0.6) is 0 Å². The van der Waals surface area contributed by atoms with Crippen LogP contribution < -0.4 is 10.6 Å². The summed E-state index contributed by atoms with van der Waals surface area (Å²) in [4.78, 5) is 7.02. The first-order valence-electron chi connectivity index (χ1n) is 7.67. The van der Waals surface area contributed by atoms with Gasteiger partial charge in [0.15, 0.2) is 0 Å². The van der Waals surface area contributed by atoms with Crippen LogP contribution in [0.1, 0.15) is 37.8 Å². The van der Waals surface area contributed by atoms with Crippen LogP contribution in [0.3, 0.4) is 0 Å². The number of rotatable bonds is 4. The predicted molar refractivity (Wildman–Crippen MR) is 83.2 cm³/mol. The molecule has 112 valence electrons. The molecule has 2 heterocycles. The summed E-state index contributed by atoms with van der Waals surface area (Å²) in [6, 6.07) is 2.46. The zero-order valence-electron chi connectivity index (χ0n) is 12.9. The Labute approximate surface area is 122 Å². The molecular formula is C16H27N3O. The van der Waals surface area contributed by atoms with Crippen LogP contribution in [0.2, 0.25) is 0 Å². The van der Waals surface area contributed by atoms with Gasteiger partial charge in [-0.15, -0.1) is 0 Å². The average molecular weight is 277 g/mol. The van der Waals surface area contributed by atoms with E-state index in [2.05, 4.69) is 36.7 Å². The minimum atomic E-state index is 0.230. The molecule has 0 aliphatic carbocycles. The van der Waals surface area contributed by atoms with Crippen LogP contribution in [0, 0.1) is 6.92 Å². The van der Waals surface area contributed by atoms with E-state index in [0.29, 0.717) is 0 Å². The van der Waals surface area contributed by atoms with E-state index in [9.17, 15) is 0 Å². The van der Waals surface area contributed by atoms with E-state index >= 15 is 0 Å². The van der Waals surface area contributed by atoms with Gasteiger partial charge in [0.25, 0.3) is 0 Å². The van der Waals surface area contributed by atoms with Gasteiger partial charge in [0.1, 0.15) is 5.82 Å². The maximum atomic E-state index is 6.02. The summed E-state index contributed by atoms with van der Waals surface area (Å²) in [7, 11) is 0. The van der Waals surface area contributed by atoms with Gasteiger partial charge >= 0.3 is 0 Å². The van der Waals surface area contributed by atoms with Crippen LogP contribution in [0.4, 0.5) is 5.82 Å². The fourth-order valence-corrected chi connectivity index (χ4v) is 2.70. The molecule has 0 bridgehead atoms. The minimum absolute atomic E-state index is 0.230. The predicted octanol–water partition coefficient (Wildman–Crippen LogP) is 2.29. The molecule has 0 amide bonds. The molecule has 2 unspecified atom stereocenters. The second-order valence-electron chi connectivity index (χ2n) is 5.84. The van der Waals surface area contributed by atoms with Crippen molar-refractivity contribution >= 4 is 5.82 Å². The maximum Gasteiger partial charge on any atom is 0.131 e. The van der Waals surface area contributed by atoms with Crippen molar-refractivity contribution in [2.75, 3.05) is 24.6 Å². The fraction of sp³-hybridized carbons (Fsp3) is 0.688. The van der Waals surface area contributed by atoms with E-state index in [-0.39, 0.29) is 12.1 Å². The normalized spacial score (nSPS) is 21.6. The van der Waals surface area contributed by atoms with Crippen molar-refractivity contribution < 1.29 is 4.74 Å². The topological polar surface area (TPSA) is 51.4 Å². The first-order chi connectivity index (χ1) is 9.60. The Morgan fingerprint density at radius 2 is 2.35 bits per heavy atom. The first kappa shape index (κ1) is 15.3. The van der Waals surface area contributed by atoms with E-state index in [4.69, 9.17) is 10.5 Å². The number of aryl methyl sites for hydroxylation is 1. The third kappa shape index (κ3) is 3.93. The summed E-state index contributed by atoms with van der Waals surface area (Å²) in [5, 5.41) is 0. The number of aromatic nitrogens is 1. The molecule has 0 aromatic carbocycles. The summed E-state index contributed by atoms with van der Waals surface area (Å²) in [5.74, 6) is 1.09. The van der Waals surface area contributed by atoms with Crippen molar-refractivity contribution in [3.63, 3.8) is 0 Å². The zero-order valence-corrected chi connectivity index (χ0v) is 12.9. The van der Waals surface area contributed by atoms with Crippen LogP contribution >= 0.6 is 0 Å². The Kier molecular flexibility index (Phi) is 5.38. The molecule has 1 aromatic rings. The van der Waals surface area contributed by atoms with Crippen molar-refractivity contribution in [2.45, 2.75) is 52.2 Å². The second kappa shape index (κ2) is 7.04. The molecule has 1 aliphatic rings. The maximum absolute atomic E-state index is 6.02. The fourth-order valence-electron chi connectivity index (χ4n) is 2.70. The lowest BCUT2D eigenvalue weighted by Crippen LogP contribution is -2.31. The highest BCUT2D eigenvalue weighted by Gasteiger charge is 2.18. The summed E-state index contributed by atoms with van der Waals surface area (Å²) in [6.45, 7) is 9.17. The molecular weight excluding hydrogens is 250 g/mol. The third-order valence-corrected chi connectivity index (χ3v) is 3.88. The summed E-state index contributed by atoms with van der Waals surface area (Å²) < 4.78 is 5.70. The number of ether oxygens (including phenoxy) is 1. The number of hydrogen-bond donors (Lipinski definition) is 1. The molecule has 1 aromatic heterocycles. The number of anilines is 1. The van der Waals surface area contributed by atoms with Crippen molar-refractivity contribution in [3.8, 4) is 0 Å². The molecule has 0 spiro atoms. The van der Waals surface area contributed by atoms with Gasteiger partial charge < -0.3 is 15.4 Å². The van der Waals surface area contributed by atoms with Gasteiger partial charge in [-0.05, 0) is 44.2 Å². The SMILES string of the molecule is CCC(N)Cc1cnc(N2CCCOC(C)C2)c(C)c1. The molecule has 0 saturated carbocycles. The van der Waals surface area contributed by atoms with Gasteiger partial charge in [-0.3, -0.25) is 0 Å². The smallest absolute Gasteiger partial charge is 0.131 e. The molecule has 4 nitrogen and oxygen atoms in total. The summed E-state index contributed by atoms with van der Waals surface area (Å²) >= 11 is 0. The largest absolute Gasteiger partial charge is 0.377 e. The third-order valence-electron chi connectivity index (χ3n) is 3.88. The van der Waals surface area contributed by atoms with Gasteiger partial charge in [-0.25, -0.2) is 4.98 Å². The van der Waals surface area contributed by atoms with Gasteiger partial charge in [0.05, 0.1) is 6.10 Å².